The van der Waals surface area contributed by atoms with Gasteiger partial charge in [-0.2, -0.15) is 11.3 Å². The number of nitrogens with zero attached hydrogens (tertiary/aromatic N) is 3. The van der Waals surface area contributed by atoms with Gasteiger partial charge in [-0.3, -0.25) is 4.79 Å². The number of thiophene rings is 2. The number of hydrogen-bond donors (Lipinski definition) is 1. The van der Waals surface area contributed by atoms with Crippen LogP contribution in [0.3, 0.4) is 0 Å². The normalized spacial score (nSPS) is 14.9. The van der Waals surface area contributed by atoms with Gasteiger partial charge in [-0.15, -0.1) is 11.3 Å². The number of benzene rings is 1. The van der Waals surface area contributed by atoms with Crippen molar-refractivity contribution in [2.75, 3.05) is 18.0 Å². The fraction of sp³-hybridized carbons (Fsp3) is 0.261. The Morgan fingerprint density at radius 3 is 2.57 bits per heavy atom. The van der Waals surface area contributed by atoms with Crippen molar-refractivity contribution in [2.45, 2.75) is 25.8 Å². The van der Waals surface area contributed by atoms with Gasteiger partial charge in [0.1, 0.15) is 10.6 Å². The molecule has 1 saturated heterocycles. The summed E-state index contributed by atoms with van der Waals surface area (Å²) in [4.78, 5) is 24.8. The third-order valence-electron chi connectivity index (χ3n) is 5.48. The maximum atomic E-state index is 11.4. The fourth-order valence-corrected chi connectivity index (χ4v) is 5.60. The van der Waals surface area contributed by atoms with E-state index in [0.717, 1.165) is 53.4 Å². The summed E-state index contributed by atoms with van der Waals surface area (Å²) in [6.45, 7) is 3.32. The number of amides is 1. The molecule has 1 aliphatic heterocycles. The third-order valence-corrected chi connectivity index (χ3v) is 7.04. The Morgan fingerprint density at radius 1 is 1.07 bits per heavy atom. The van der Waals surface area contributed by atoms with E-state index in [1.54, 1.807) is 29.6 Å². The van der Waals surface area contributed by atoms with E-state index in [9.17, 15) is 4.79 Å². The van der Waals surface area contributed by atoms with Gasteiger partial charge in [0.2, 0.25) is 5.91 Å². The predicted molar refractivity (Wildman–Crippen MR) is 125 cm³/mol. The molecular weight excluding hydrogens is 412 g/mol. The van der Waals surface area contributed by atoms with Crippen LogP contribution in [0.1, 0.15) is 19.8 Å². The Morgan fingerprint density at radius 2 is 1.87 bits per heavy atom. The molecule has 7 heteroatoms. The molecule has 5 rings (SSSR count). The van der Waals surface area contributed by atoms with Crippen molar-refractivity contribution >= 4 is 44.6 Å². The molecule has 5 nitrogen and oxygen atoms in total. The second-order valence-electron chi connectivity index (χ2n) is 7.54. The summed E-state index contributed by atoms with van der Waals surface area (Å²) in [7, 11) is 0. The van der Waals surface area contributed by atoms with Crippen LogP contribution >= 0.6 is 22.7 Å². The number of aromatic nitrogens is 2. The second kappa shape index (κ2) is 8.16. The summed E-state index contributed by atoms with van der Waals surface area (Å²) in [5, 5.41) is 10.5. The maximum Gasteiger partial charge on any atom is 0.217 e. The summed E-state index contributed by atoms with van der Waals surface area (Å²) < 4.78 is 0. The molecule has 4 aromatic rings. The van der Waals surface area contributed by atoms with Crippen LogP contribution in [0, 0.1) is 0 Å². The van der Waals surface area contributed by atoms with Gasteiger partial charge in [-0.05, 0) is 29.9 Å². The molecule has 0 spiro atoms. The first-order valence-corrected chi connectivity index (χ1v) is 11.9. The molecule has 3 aromatic heterocycles. The molecule has 4 heterocycles. The first-order chi connectivity index (χ1) is 14.7. The Hall–Kier alpha value is -2.77. The molecule has 0 saturated carbocycles. The number of piperidine rings is 1. The second-order valence-corrected chi connectivity index (χ2v) is 9.18. The van der Waals surface area contributed by atoms with Crippen LogP contribution in [0.5, 0.6) is 0 Å². The Balaban J connectivity index is 1.59. The predicted octanol–water partition coefficient (Wildman–Crippen LogP) is 5.19. The molecular formula is C23H22N4OS2. The van der Waals surface area contributed by atoms with Gasteiger partial charge in [0.15, 0.2) is 5.82 Å². The molecule has 30 heavy (non-hydrogen) atoms. The molecule has 0 atom stereocenters. The Bertz CT molecular complexity index is 1160. The van der Waals surface area contributed by atoms with Crippen molar-refractivity contribution in [3.63, 3.8) is 0 Å². The van der Waals surface area contributed by atoms with Crippen LogP contribution < -0.4 is 10.2 Å². The molecule has 0 bridgehead atoms. The van der Waals surface area contributed by atoms with E-state index in [1.165, 1.54) is 11.1 Å². The monoisotopic (exact) mass is 434 g/mol. The lowest BCUT2D eigenvalue weighted by molar-refractivity contribution is -0.119. The highest BCUT2D eigenvalue weighted by Crippen LogP contribution is 2.40. The minimum atomic E-state index is 0.0434. The number of carbonyl (C=O) groups is 1. The van der Waals surface area contributed by atoms with Crippen LogP contribution in [-0.2, 0) is 4.79 Å². The minimum Gasteiger partial charge on any atom is -0.356 e. The molecule has 1 aromatic carbocycles. The van der Waals surface area contributed by atoms with Gasteiger partial charge in [0, 0.05) is 47.9 Å². The molecule has 1 aliphatic rings. The van der Waals surface area contributed by atoms with E-state index in [1.807, 2.05) is 6.07 Å². The maximum absolute atomic E-state index is 11.4. The highest BCUT2D eigenvalue weighted by Gasteiger charge is 2.25. The lowest BCUT2D eigenvalue weighted by Gasteiger charge is -2.33. The summed E-state index contributed by atoms with van der Waals surface area (Å²) in [6.07, 6.45) is 1.84. The van der Waals surface area contributed by atoms with Gasteiger partial charge >= 0.3 is 0 Å². The van der Waals surface area contributed by atoms with Crippen molar-refractivity contribution in [2.24, 2.45) is 0 Å². The van der Waals surface area contributed by atoms with E-state index in [4.69, 9.17) is 9.97 Å². The molecule has 0 radical (unpaired) electrons. The smallest absolute Gasteiger partial charge is 0.217 e. The zero-order valence-electron chi connectivity index (χ0n) is 16.7. The molecule has 1 N–H and O–H groups in total. The van der Waals surface area contributed by atoms with Crippen LogP contribution in [0.4, 0.5) is 5.82 Å². The number of carbonyl (C=O) groups excluding carboxylic acids is 1. The Kier molecular flexibility index (Phi) is 5.23. The largest absolute Gasteiger partial charge is 0.356 e. The van der Waals surface area contributed by atoms with Gasteiger partial charge in [0.05, 0.1) is 5.39 Å². The summed E-state index contributed by atoms with van der Waals surface area (Å²) in [5.41, 5.74) is 3.43. The van der Waals surface area contributed by atoms with Crippen LogP contribution in [0.25, 0.3) is 32.7 Å². The third kappa shape index (κ3) is 3.70. The van der Waals surface area contributed by atoms with Gasteiger partial charge in [0.25, 0.3) is 0 Å². The average molecular weight is 435 g/mol. The van der Waals surface area contributed by atoms with Crippen molar-refractivity contribution in [3.05, 3.63) is 52.5 Å². The number of hydrogen-bond acceptors (Lipinski definition) is 6. The highest BCUT2D eigenvalue weighted by atomic mass is 32.1. The fourth-order valence-electron chi connectivity index (χ4n) is 4.03. The standard InChI is InChI=1S/C23H22N4OS2/c1-15(28)24-18-7-10-27(11-8-18)22-20-19(16-5-3-2-4-6-16)14-30-23(20)26-21(25-22)17-9-12-29-13-17/h2-6,9,12-14,18H,7-8,10-11H2,1H3,(H,24,28). The molecule has 0 aliphatic carbocycles. The van der Waals surface area contributed by atoms with E-state index in [2.05, 4.69) is 56.7 Å². The first-order valence-electron chi connectivity index (χ1n) is 10.1. The lowest BCUT2D eigenvalue weighted by Crippen LogP contribution is -2.44. The van der Waals surface area contributed by atoms with E-state index < -0.39 is 0 Å². The van der Waals surface area contributed by atoms with E-state index >= 15 is 0 Å². The SMILES string of the molecule is CC(=O)NC1CCN(c2nc(-c3ccsc3)nc3scc(-c4ccccc4)c23)CC1. The number of anilines is 1. The molecule has 152 valence electrons. The number of nitrogens with one attached hydrogen (secondary N) is 1. The number of rotatable bonds is 4. The van der Waals surface area contributed by atoms with Crippen molar-refractivity contribution in [1.82, 2.24) is 15.3 Å². The zero-order valence-corrected chi connectivity index (χ0v) is 18.3. The summed E-state index contributed by atoms with van der Waals surface area (Å²) in [5.74, 6) is 1.83. The molecule has 1 amide bonds. The highest BCUT2D eigenvalue weighted by molar-refractivity contribution is 7.17. The van der Waals surface area contributed by atoms with Gasteiger partial charge in [-0.1, -0.05) is 30.3 Å². The molecule has 1 fully saturated rings. The lowest BCUT2D eigenvalue weighted by atomic mass is 10.0. The van der Waals surface area contributed by atoms with Crippen LogP contribution in [-0.4, -0.2) is 35.0 Å². The summed E-state index contributed by atoms with van der Waals surface area (Å²) in [6, 6.07) is 12.8. The van der Waals surface area contributed by atoms with E-state index in [0.29, 0.717) is 0 Å². The summed E-state index contributed by atoms with van der Waals surface area (Å²) >= 11 is 3.33. The molecule has 0 unspecified atom stereocenters. The average Bonchev–Trinajstić information content (AvgIpc) is 3.44. The van der Waals surface area contributed by atoms with Crippen molar-refractivity contribution in [3.8, 4) is 22.5 Å². The number of fused-ring (bicyclic) bond motifs is 1. The van der Waals surface area contributed by atoms with Crippen molar-refractivity contribution in [1.29, 1.82) is 0 Å². The van der Waals surface area contributed by atoms with Crippen LogP contribution in [0.2, 0.25) is 0 Å². The van der Waals surface area contributed by atoms with Crippen molar-refractivity contribution < 1.29 is 4.79 Å². The zero-order chi connectivity index (χ0) is 20.5. The first kappa shape index (κ1) is 19.2. The van der Waals surface area contributed by atoms with Gasteiger partial charge < -0.3 is 10.2 Å². The van der Waals surface area contributed by atoms with E-state index in [-0.39, 0.29) is 11.9 Å². The van der Waals surface area contributed by atoms with Crippen LogP contribution in [0.15, 0.2) is 52.5 Å². The minimum absolute atomic E-state index is 0.0434. The Labute approximate surface area is 183 Å². The quantitative estimate of drug-likeness (QED) is 0.480. The van der Waals surface area contributed by atoms with Gasteiger partial charge in [-0.25, -0.2) is 9.97 Å². The topological polar surface area (TPSA) is 58.1 Å².